The van der Waals surface area contributed by atoms with E-state index in [0.29, 0.717) is 5.69 Å². The second-order valence-electron chi connectivity index (χ2n) is 11.7. The SMILES string of the molecule is Cc1ccccc1NC(=O)C(c1cccc(C)c1C)N(C(=O)C(NC(=O)OC(C)(C)C)C(C)C)C1CCC1. The number of alkyl carbamates (subject to hydrolysis) is 1. The summed E-state index contributed by atoms with van der Waals surface area (Å²) in [5, 5.41) is 5.89. The first-order valence-corrected chi connectivity index (χ1v) is 13.5. The highest BCUT2D eigenvalue weighted by molar-refractivity contribution is 5.99. The number of aryl methyl sites for hydroxylation is 2. The van der Waals surface area contributed by atoms with Crippen LogP contribution in [0.4, 0.5) is 10.5 Å². The second-order valence-corrected chi connectivity index (χ2v) is 11.7. The Morgan fingerprint density at radius 3 is 2.13 bits per heavy atom. The molecule has 7 heteroatoms. The Morgan fingerprint density at radius 1 is 0.947 bits per heavy atom. The summed E-state index contributed by atoms with van der Waals surface area (Å²) in [6.07, 6.45) is 1.95. The largest absolute Gasteiger partial charge is 0.444 e. The maximum absolute atomic E-state index is 14.3. The third kappa shape index (κ3) is 6.94. The van der Waals surface area contributed by atoms with Gasteiger partial charge in [0.05, 0.1) is 0 Å². The van der Waals surface area contributed by atoms with Crippen molar-refractivity contribution in [1.29, 1.82) is 0 Å². The zero-order chi connectivity index (χ0) is 28.2. The first kappa shape index (κ1) is 29.2. The van der Waals surface area contributed by atoms with Crippen LogP contribution >= 0.6 is 0 Å². The maximum atomic E-state index is 14.3. The molecule has 0 spiro atoms. The number of ether oxygens (including phenoxy) is 1. The van der Waals surface area contributed by atoms with Crippen molar-refractivity contribution < 1.29 is 19.1 Å². The van der Waals surface area contributed by atoms with Gasteiger partial charge in [0.1, 0.15) is 17.7 Å². The van der Waals surface area contributed by atoms with Gasteiger partial charge in [-0.05, 0) is 95.0 Å². The molecule has 0 radical (unpaired) electrons. The van der Waals surface area contributed by atoms with E-state index >= 15 is 0 Å². The molecule has 38 heavy (non-hydrogen) atoms. The van der Waals surface area contributed by atoms with E-state index in [1.807, 2.05) is 77.1 Å². The molecule has 7 nitrogen and oxygen atoms in total. The minimum absolute atomic E-state index is 0.100. The number of benzene rings is 2. The molecule has 2 atom stereocenters. The van der Waals surface area contributed by atoms with Gasteiger partial charge < -0.3 is 20.3 Å². The number of hydrogen-bond donors (Lipinski definition) is 2. The fraction of sp³-hybridized carbons (Fsp3) is 0.516. The summed E-state index contributed by atoms with van der Waals surface area (Å²) in [5.74, 6) is -0.759. The van der Waals surface area contributed by atoms with Crippen LogP contribution in [0.3, 0.4) is 0 Å². The summed E-state index contributed by atoms with van der Waals surface area (Å²) < 4.78 is 5.47. The summed E-state index contributed by atoms with van der Waals surface area (Å²) in [6.45, 7) is 15.1. The number of nitrogens with zero attached hydrogens (tertiary/aromatic N) is 1. The van der Waals surface area contributed by atoms with E-state index in [1.165, 1.54) is 0 Å². The van der Waals surface area contributed by atoms with E-state index in [9.17, 15) is 14.4 Å². The Hall–Kier alpha value is -3.35. The van der Waals surface area contributed by atoms with Crippen LogP contribution in [0.25, 0.3) is 0 Å². The molecule has 3 rings (SSSR count). The molecule has 0 heterocycles. The third-order valence-electron chi connectivity index (χ3n) is 7.20. The summed E-state index contributed by atoms with van der Waals surface area (Å²) in [6, 6.07) is 11.7. The summed E-state index contributed by atoms with van der Waals surface area (Å²) in [4.78, 5) is 42.9. The van der Waals surface area contributed by atoms with Gasteiger partial charge in [0.25, 0.3) is 5.91 Å². The van der Waals surface area contributed by atoms with Crippen molar-refractivity contribution in [3.63, 3.8) is 0 Å². The lowest BCUT2D eigenvalue weighted by atomic mass is 9.86. The standard InChI is InChI=1S/C31H43N3O4/c1-19(2)26(33-30(37)38-31(6,7)8)29(36)34(23-15-12-16-23)27(24-17-11-14-20(3)22(24)5)28(35)32-25-18-10-9-13-21(25)4/h9-11,13-14,17-19,23,26-27H,12,15-16H2,1-8H3,(H,32,35)(H,33,37). The molecule has 1 aliphatic rings. The number of anilines is 1. The molecule has 2 aromatic rings. The van der Waals surface area contributed by atoms with Gasteiger partial charge >= 0.3 is 6.09 Å². The van der Waals surface area contributed by atoms with E-state index in [2.05, 4.69) is 10.6 Å². The van der Waals surface area contributed by atoms with Gasteiger partial charge in [-0.3, -0.25) is 9.59 Å². The van der Waals surface area contributed by atoms with Crippen LogP contribution in [-0.2, 0) is 14.3 Å². The molecular weight excluding hydrogens is 478 g/mol. The van der Waals surface area contributed by atoms with E-state index < -0.39 is 23.8 Å². The summed E-state index contributed by atoms with van der Waals surface area (Å²) >= 11 is 0. The third-order valence-corrected chi connectivity index (χ3v) is 7.20. The van der Waals surface area contributed by atoms with Gasteiger partial charge in [0, 0.05) is 11.7 Å². The molecule has 1 fully saturated rings. The predicted octanol–water partition coefficient (Wildman–Crippen LogP) is 6.22. The second kappa shape index (κ2) is 12.0. The number of hydrogen-bond acceptors (Lipinski definition) is 4. The molecule has 2 unspecified atom stereocenters. The van der Waals surface area contributed by atoms with Crippen molar-refractivity contribution in [2.75, 3.05) is 5.32 Å². The molecule has 0 aliphatic heterocycles. The Labute approximate surface area is 227 Å². The predicted molar refractivity (Wildman–Crippen MR) is 151 cm³/mol. The van der Waals surface area contributed by atoms with E-state index in [1.54, 1.807) is 25.7 Å². The fourth-order valence-electron chi connectivity index (χ4n) is 4.69. The number of para-hydroxylation sites is 1. The first-order valence-electron chi connectivity index (χ1n) is 13.5. The zero-order valence-corrected chi connectivity index (χ0v) is 24.1. The molecular formula is C31H43N3O4. The van der Waals surface area contributed by atoms with Crippen LogP contribution in [0.15, 0.2) is 42.5 Å². The van der Waals surface area contributed by atoms with Crippen molar-refractivity contribution in [2.45, 2.75) is 98.4 Å². The van der Waals surface area contributed by atoms with E-state index in [0.717, 1.165) is 41.5 Å². The highest BCUT2D eigenvalue weighted by Gasteiger charge is 2.43. The molecule has 0 aromatic heterocycles. The van der Waals surface area contributed by atoms with Crippen LogP contribution in [0.2, 0.25) is 0 Å². The molecule has 3 amide bonds. The van der Waals surface area contributed by atoms with Crippen molar-refractivity contribution >= 4 is 23.6 Å². The van der Waals surface area contributed by atoms with Crippen LogP contribution in [-0.4, -0.2) is 40.5 Å². The Morgan fingerprint density at radius 2 is 1.58 bits per heavy atom. The van der Waals surface area contributed by atoms with E-state index in [-0.39, 0.29) is 23.8 Å². The summed E-state index contributed by atoms with van der Waals surface area (Å²) in [7, 11) is 0. The monoisotopic (exact) mass is 521 g/mol. The number of amides is 3. The van der Waals surface area contributed by atoms with Gasteiger partial charge in [-0.15, -0.1) is 0 Å². The van der Waals surface area contributed by atoms with Crippen molar-refractivity contribution in [1.82, 2.24) is 10.2 Å². The molecule has 206 valence electrons. The molecule has 1 aliphatic carbocycles. The minimum Gasteiger partial charge on any atom is -0.444 e. The molecule has 0 bridgehead atoms. The van der Waals surface area contributed by atoms with Crippen molar-refractivity contribution in [2.24, 2.45) is 5.92 Å². The number of nitrogens with one attached hydrogen (secondary N) is 2. The van der Waals surface area contributed by atoms with Gasteiger partial charge in [-0.1, -0.05) is 50.2 Å². The average molecular weight is 522 g/mol. The lowest BCUT2D eigenvalue weighted by molar-refractivity contribution is -0.146. The van der Waals surface area contributed by atoms with Crippen molar-refractivity contribution in [3.8, 4) is 0 Å². The Kier molecular flexibility index (Phi) is 9.23. The van der Waals surface area contributed by atoms with Crippen LogP contribution < -0.4 is 10.6 Å². The van der Waals surface area contributed by atoms with Gasteiger partial charge in [-0.25, -0.2) is 4.79 Å². The molecule has 0 saturated heterocycles. The Balaban J connectivity index is 2.07. The van der Waals surface area contributed by atoms with Gasteiger partial charge in [0.2, 0.25) is 5.91 Å². The van der Waals surface area contributed by atoms with Gasteiger partial charge in [-0.2, -0.15) is 0 Å². The van der Waals surface area contributed by atoms with Gasteiger partial charge in [0.15, 0.2) is 0 Å². The topological polar surface area (TPSA) is 87.7 Å². The van der Waals surface area contributed by atoms with Crippen LogP contribution in [0.1, 0.15) is 82.2 Å². The van der Waals surface area contributed by atoms with Crippen LogP contribution in [0, 0.1) is 26.7 Å². The number of carbonyl (C=O) groups is 3. The maximum Gasteiger partial charge on any atom is 0.408 e. The normalized spacial score (nSPS) is 15.3. The minimum atomic E-state index is -0.853. The average Bonchev–Trinajstić information content (AvgIpc) is 2.78. The first-order chi connectivity index (χ1) is 17.8. The molecule has 2 N–H and O–H groups in total. The Bertz CT molecular complexity index is 1160. The quantitative estimate of drug-likeness (QED) is 0.432. The smallest absolute Gasteiger partial charge is 0.408 e. The molecule has 2 aromatic carbocycles. The zero-order valence-electron chi connectivity index (χ0n) is 24.1. The number of carbonyl (C=O) groups excluding carboxylic acids is 3. The highest BCUT2D eigenvalue weighted by atomic mass is 16.6. The number of rotatable bonds is 8. The molecule has 1 saturated carbocycles. The van der Waals surface area contributed by atoms with Crippen LogP contribution in [0.5, 0.6) is 0 Å². The van der Waals surface area contributed by atoms with Crippen molar-refractivity contribution in [3.05, 3.63) is 64.7 Å². The lowest BCUT2D eigenvalue weighted by Crippen LogP contribution is -2.58. The fourth-order valence-corrected chi connectivity index (χ4v) is 4.69. The van der Waals surface area contributed by atoms with E-state index in [4.69, 9.17) is 4.74 Å². The highest BCUT2D eigenvalue weighted by Crippen LogP contribution is 2.36. The summed E-state index contributed by atoms with van der Waals surface area (Å²) in [5.41, 5.74) is 3.75. The lowest BCUT2D eigenvalue weighted by Gasteiger charge is -2.44.